The van der Waals surface area contributed by atoms with E-state index in [0.717, 1.165) is 12.3 Å². The van der Waals surface area contributed by atoms with Crippen LogP contribution >= 0.6 is 15.9 Å². The van der Waals surface area contributed by atoms with Crippen LogP contribution in [0.25, 0.3) is 0 Å². The third-order valence-corrected chi connectivity index (χ3v) is 4.35. The van der Waals surface area contributed by atoms with Crippen molar-refractivity contribution in [3.63, 3.8) is 0 Å². The predicted molar refractivity (Wildman–Crippen MR) is 71.2 cm³/mol. The Morgan fingerprint density at radius 1 is 1.61 bits per heavy atom. The molecule has 0 aliphatic carbocycles. The molecule has 18 heavy (non-hydrogen) atoms. The monoisotopic (exact) mass is 315 g/mol. The van der Waals surface area contributed by atoms with Gasteiger partial charge in [-0.2, -0.15) is 0 Å². The molecule has 1 N–H and O–H groups in total. The lowest BCUT2D eigenvalue weighted by Crippen LogP contribution is -2.39. The van der Waals surface area contributed by atoms with E-state index < -0.39 is 11.4 Å². The lowest BCUT2D eigenvalue weighted by molar-refractivity contribution is -0.151. The molecule has 4 nitrogen and oxygen atoms in total. The van der Waals surface area contributed by atoms with E-state index >= 15 is 0 Å². The molecule has 1 aliphatic rings. The Balaban J connectivity index is 2.05. The van der Waals surface area contributed by atoms with Crippen LogP contribution in [-0.2, 0) is 11.3 Å². The molecular weight excluding hydrogens is 298 g/mol. The van der Waals surface area contributed by atoms with Gasteiger partial charge in [0.05, 0.1) is 12.0 Å². The number of likely N-dealkylation sites (tertiary alicyclic amines) is 1. The standard InChI is InChI=1S/C13H18BrNO3/c1-9(2)13(12(16)17)5-6-15(8-13)7-10-3-4-11(14)18-10/h3-4,9H,5-8H2,1-2H3,(H,16,17). The smallest absolute Gasteiger partial charge is 0.311 e. The second-order valence-corrected chi connectivity index (χ2v) is 6.06. The molecule has 2 rings (SSSR count). The van der Waals surface area contributed by atoms with Gasteiger partial charge in [-0.3, -0.25) is 9.69 Å². The lowest BCUT2D eigenvalue weighted by Gasteiger charge is -2.28. The van der Waals surface area contributed by atoms with E-state index in [1.165, 1.54) is 0 Å². The highest BCUT2D eigenvalue weighted by Gasteiger charge is 2.47. The minimum atomic E-state index is -0.680. The topological polar surface area (TPSA) is 53.7 Å². The van der Waals surface area contributed by atoms with Gasteiger partial charge >= 0.3 is 5.97 Å². The maximum absolute atomic E-state index is 11.5. The SMILES string of the molecule is CC(C)C1(C(=O)O)CCN(Cc2ccc(Br)o2)C1. The van der Waals surface area contributed by atoms with Crippen LogP contribution in [0.5, 0.6) is 0 Å². The molecule has 0 aromatic carbocycles. The predicted octanol–water partition coefficient (Wildman–Crippen LogP) is 2.97. The van der Waals surface area contributed by atoms with Crippen molar-refractivity contribution in [2.75, 3.05) is 13.1 Å². The fourth-order valence-electron chi connectivity index (χ4n) is 2.60. The van der Waals surface area contributed by atoms with Crippen molar-refractivity contribution in [2.24, 2.45) is 11.3 Å². The first kappa shape index (κ1) is 13.6. The number of rotatable bonds is 4. The summed E-state index contributed by atoms with van der Waals surface area (Å²) in [5.41, 5.74) is -0.607. The summed E-state index contributed by atoms with van der Waals surface area (Å²) in [6, 6.07) is 3.78. The Bertz CT molecular complexity index is 443. The number of nitrogens with zero attached hydrogens (tertiary/aromatic N) is 1. The minimum absolute atomic E-state index is 0.142. The van der Waals surface area contributed by atoms with Crippen LogP contribution < -0.4 is 0 Å². The maximum atomic E-state index is 11.5. The lowest BCUT2D eigenvalue weighted by atomic mass is 9.76. The average Bonchev–Trinajstić information content (AvgIpc) is 2.86. The highest BCUT2D eigenvalue weighted by molar-refractivity contribution is 9.10. The summed E-state index contributed by atoms with van der Waals surface area (Å²) < 4.78 is 6.18. The van der Waals surface area contributed by atoms with Gasteiger partial charge in [-0.05, 0) is 46.9 Å². The average molecular weight is 316 g/mol. The minimum Gasteiger partial charge on any atom is -0.481 e. The van der Waals surface area contributed by atoms with Gasteiger partial charge in [-0.15, -0.1) is 0 Å². The number of hydrogen-bond acceptors (Lipinski definition) is 3. The summed E-state index contributed by atoms with van der Waals surface area (Å²) in [5.74, 6) is 0.329. The van der Waals surface area contributed by atoms with E-state index in [1.54, 1.807) is 0 Å². The number of furan rings is 1. The molecule has 1 aromatic rings. The van der Waals surface area contributed by atoms with Crippen molar-refractivity contribution in [2.45, 2.75) is 26.8 Å². The van der Waals surface area contributed by atoms with E-state index in [2.05, 4.69) is 20.8 Å². The van der Waals surface area contributed by atoms with Crippen molar-refractivity contribution in [3.8, 4) is 0 Å². The normalized spacial score (nSPS) is 24.9. The Labute approximate surface area is 115 Å². The molecule has 1 saturated heterocycles. The number of carboxylic acids is 1. The number of hydrogen-bond donors (Lipinski definition) is 1. The summed E-state index contributed by atoms with van der Waals surface area (Å²) in [6.45, 7) is 6.05. The third kappa shape index (κ3) is 2.47. The van der Waals surface area contributed by atoms with Crippen LogP contribution in [0.15, 0.2) is 21.2 Å². The van der Waals surface area contributed by atoms with Crippen molar-refractivity contribution in [3.05, 3.63) is 22.6 Å². The summed E-state index contributed by atoms with van der Waals surface area (Å²) in [5, 5.41) is 9.46. The molecular formula is C13H18BrNO3. The molecule has 1 aliphatic heterocycles. The molecule has 1 unspecified atom stereocenters. The second-order valence-electron chi connectivity index (χ2n) is 5.28. The van der Waals surface area contributed by atoms with Crippen molar-refractivity contribution < 1.29 is 14.3 Å². The van der Waals surface area contributed by atoms with Crippen molar-refractivity contribution >= 4 is 21.9 Å². The summed E-state index contributed by atoms with van der Waals surface area (Å²) in [6.07, 6.45) is 0.710. The first-order chi connectivity index (χ1) is 8.44. The molecule has 1 fully saturated rings. The highest BCUT2D eigenvalue weighted by atomic mass is 79.9. The molecule has 100 valence electrons. The molecule has 0 saturated carbocycles. The first-order valence-corrected chi connectivity index (χ1v) is 6.93. The Morgan fingerprint density at radius 2 is 2.33 bits per heavy atom. The Morgan fingerprint density at radius 3 is 2.78 bits per heavy atom. The van der Waals surface area contributed by atoms with E-state index in [0.29, 0.717) is 24.2 Å². The summed E-state index contributed by atoms with van der Waals surface area (Å²) in [4.78, 5) is 13.7. The van der Waals surface area contributed by atoms with Gasteiger partial charge in [0.25, 0.3) is 0 Å². The van der Waals surface area contributed by atoms with Crippen LogP contribution in [-0.4, -0.2) is 29.1 Å². The first-order valence-electron chi connectivity index (χ1n) is 6.14. The summed E-state index contributed by atoms with van der Waals surface area (Å²) >= 11 is 3.27. The highest BCUT2D eigenvalue weighted by Crippen LogP contribution is 2.38. The molecule has 0 radical (unpaired) electrons. The fourth-order valence-corrected chi connectivity index (χ4v) is 2.94. The van der Waals surface area contributed by atoms with E-state index in [-0.39, 0.29) is 5.92 Å². The van der Waals surface area contributed by atoms with Crippen LogP contribution in [0.1, 0.15) is 26.0 Å². The van der Waals surface area contributed by atoms with Crippen molar-refractivity contribution in [1.29, 1.82) is 0 Å². The van der Waals surface area contributed by atoms with Gasteiger partial charge in [0.1, 0.15) is 5.76 Å². The molecule has 2 heterocycles. The van der Waals surface area contributed by atoms with Crippen LogP contribution in [0.3, 0.4) is 0 Å². The van der Waals surface area contributed by atoms with Crippen LogP contribution in [0.4, 0.5) is 0 Å². The molecule has 0 bridgehead atoms. The van der Waals surface area contributed by atoms with Gasteiger partial charge in [0.2, 0.25) is 0 Å². The summed E-state index contributed by atoms with van der Waals surface area (Å²) in [7, 11) is 0. The van der Waals surface area contributed by atoms with Gasteiger partial charge < -0.3 is 9.52 Å². The Hall–Kier alpha value is -0.810. The second kappa shape index (κ2) is 5.05. The number of carboxylic acid groups (broad SMARTS) is 1. The van der Waals surface area contributed by atoms with Gasteiger partial charge in [0, 0.05) is 6.54 Å². The number of aliphatic carboxylic acids is 1. The Kier molecular flexibility index (Phi) is 3.82. The zero-order valence-corrected chi connectivity index (χ0v) is 12.2. The zero-order valence-electron chi connectivity index (χ0n) is 10.6. The van der Waals surface area contributed by atoms with E-state index in [9.17, 15) is 9.90 Å². The van der Waals surface area contributed by atoms with Gasteiger partial charge in [-0.1, -0.05) is 13.8 Å². The van der Waals surface area contributed by atoms with Gasteiger partial charge in [0.15, 0.2) is 4.67 Å². The van der Waals surface area contributed by atoms with Crippen LogP contribution in [0, 0.1) is 11.3 Å². The van der Waals surface area contributed by atoms with E-state index in [1.807, 2.05) is 26.0 Å². The zero-order chi connectivity index (χ0) is 13.3. The molecule has 0 spiro atoms. The number of halogens is 1. The third-order valence-electron chi connectivity index (χ3n) is 3.92. The van der Waals surface area contributed by atoms with E-state index in [4.69, 9.17) is 4.42 Å². The quantitative estimate of drug-likeness (QED) is 0.928. The molecule has 5 heteroatoms. The molecule has 1 aromatic heterocycles. The van der Waals surface area contributed by atoms with Crippen LogP contribution in [0.2, 0.25) is 0 Å². The largest absolute Gasteiger partial charge is 0.481 e. The van der Waals surface area contributed by atoms with Gasteiger partial charge in [-0.25, -0.2) is 0 Å². The fraction of sp³-hybridized carbons (Fsp3) is 0.615. The molecule has 1 atom stereocenters. The van der Waals surface area contributed by atoms with Crippen molar-refractivity contribution in [1.82, 2.24) is 4.90 Å². The number of carbonyl (C=O) groups is 1. The maximum Gasteiger partial charge on any atom is 0.311 e. The molecule has 0 amide bonds.